The molecule has 1 aliphatic carbocycles. The van der Waals surface area contributed by atoms with Gasteiger partial charge in [0.1, 0.15) is 11.5 Å². The molecular formula is C14H21NO2. The molecule has 2 atom stereocenters. The predicted octanol–water partition coefficient (Wildman–Crippen LogP) is 2.06. The third kappa shape index (κ3) is 2.40. The molecule has 2 heterocycles. The van der Waals surface area contributed by atoms with Gasteiger partial charge in [0.05, 0.1) is 5.60 Å². The summed E-state index contributed by atoms with van der Waals surface area (Å²) in [6.07, 6.45) is 3.56. The molecule has 3 heteroatoms. The standard InChI is InChI=1S/C14H21NO2/c1-10-8-12(10)13-3-2-11(17-13)9-14(16)4-6-15-7-5-14/h2-3,10,12,15-16H,4-9H2,1H3. The van der Waals surface area contributed by atoms with Crippen molar-refractivity contribution in [3.63, 3.8) is 0 Å². The highest BCUT2D eigenvalue weighted by molar-refractivity contribution is 5.18. The summed E-state index contributed by atoms with van der Waals surface area (Å²) in [5.74, 6) is 3.47. The number of rotatable bonds is 3. The second kappa shape index (κ2) is 4.14. The van der Waals surface area contributed by atoms with Gasteiger partial charge < -0.3 is 14.8 Å². The molecule has 0 radical (unpaired) electrons. The molecule has 1 aromatic heterocycles. The average Bonchev–Trinajstić information content (AvgIpc) is 2.85. The van der Waals surface area contributed by atoms with Gasteiger partial charge in [-0.25, -0.2) is 0 Å². The number of hydrogen-bond acceptors (Lipinski definition) is 3. The Kier molecular flexibility index (Phi) is 2.75. The van der Waals surface area contributed by atoms with E-state index in [1.807, 2.05) is 6.07 Å². The van der Waals surface area contributed by atoms with Crippen LogP contribution in [0.4, 0.5) is 0 Å². The first-order valence-corrected chi connectivity index (χ1v) is 6.68. The Morgan fingerprint density at radius 2 is 2.12 bits per heavy atom. The molecule has 2 N–H and O–H groups in total. The Morgan fingerprint density at radius 3 is 2.76 bits per heavy atom. The lowest BCUT2D eigenvalue weighted by Gasteiger charge is -2.31. The van der Waals surface area contributed by atoms with Crippen molar-refractivity contribution in [1.82, 2.24) is 5.32 Å². The van der Waals surface area contributed by atoms with Crippen LogP contribution < -0.4 is 5.32 Å². The first-order valence-electron chi connectivity index (χ1n) is 6.68. The lowest BCUT2D eigenvalue weighted by atomic mass is 9.88. The van der Waals surface area contributed by atoms with Gasteiger partial charge in [-0.3, -0.25) is 0 Å². The Bertz CT molecular complexity index is 393. The van der Waals surface area contributed by atoms with Crippen LogP contribution >= 0.6 is 0 Å². The first kappa shape index (κ1) is 11.3. The van der Waals surface area contributed by atoms with Gasteiger partial charge in [0, 0.05) is 12.3 Å². The molecular weight excluding hydrogens is 214 g/mol. The van der Waals surface area contributed by atoms with Crippen molar-refractivity contribution in [2.24, 2.45) is 5.92 Å². The topological polar surface area (TPSA) is 45.4 Å². The van der Waals surface area contributed by atoms with E-state index in [0.717, 1.165) is 43.4 Å². The van der Waals surface area contributed by atoms with E-state index in [1.165, 1.54) is 6.42 Å². The first-order chi connectivity index (χ1) is 8.16. The maximum absolute atomic E-state index is 10.4. The quantitative estimate of drug-likeness (QED) is 0.843. The summed E-state index contributed by atoms with van der Waals surface area (Å²) < 4.78 is 5.87. The molecule has 0 bridgehead atoms. The van der Waals surface area contributed by atoms with Crippen LogP contribution in [-0.2, 0) is 6.42 Å². The van der Waals surface area contributed by atoms with Crippen LogP contribution in [0.1, 0.15) is 43.6 Å². The van der Waals surface area contributed by atoms with Gasteiger partial charge in [-0.15, -0.1) is 0 Å². The van der Waals surface area contributed by atoms with E-state index in [4.69, 9.17) is 4.42 Å². The van der Waals surface area contributed by atoms with Gasteiger partial charge in [0.25, 0.3) is 0 Å². The lowest BCUT2D eigenvalue weighted by molar-refractivity contribution is 0.00641. The Morgan fingerprint density at radius 1 is 1.41 bits per heavy atom. The van der Waals surface area contributed by atoms with Crippen LogP contribution in [0.5, 0.6) is 0 Å². The molecule has 2 aliphatic rings. The number of nitrogens with one attached hydrogen (secondary N) is 1. The molecule has 1 saturated carbocycles. The van der Waals surface area contributed by atoms with E-state index in [-0.39, 0.29) is 0 Å². The van der Waals surface area contributed by atoms with E-state index in [1.54, 1.807) is 0 Å². The van der Waals surface area contributed by atoms with Gasteiger partial charge in [-0.1, -0.05) is 6.92 Å². The molecule has 0 spiro atoms. The van der Waals surface area contributed by atoms with Crippen LogP contribution in [0.3, 0.4) is 0 Å². The fourth-order valence-electron chi connectivity index (χ4n) is 2.80. The number of furan rings is 1. The molecule has 17 heavy (non-hydrogen) atoms. The maximum atomic E-state index is 10.4. The summed E-state index contributed by atoms with van der Waals surface area (Å²) in [5, 5.41) is 13.7. The summed E-state index contributed by atoms with van der Waals surface area (Å²) in [7, 11) is 0. The Balaban J connectivity index is 1.66. The van der Waals surface area contributed by atoms with Crippen LogP contribution in [-0.4, -0.2) is 23.8 Å². The monoisotopic (exact) mass is 235 g/mol. The largest absolute Gasteiger partial charge is 0.466 e. The minimum Gasteiger partial charge on any atom is -0.466 e. The smallest absolute Gasteiger partial charge is 0.107 e. The molecule has 1 aliphatic heterocycles. The minimum absolute atomic E-state index is 0.560. The number of piperidine rings is 1. The van der Waals surface area contributed by atoms with E-state index in [2.05, 4.69) is 18.3 Å². The van der Waals surface area contributed by atoms with Crippen LogP contribution in [0.25, 0.3) is 0 Å². The van der Waals surface area contributed by atoms with Gasteiger partial charge in [0.2, 0.25) is 0 Å². The summed E-state index contributed by atoms with van der Waals surface area (Å²) >= 11 is 0. The molecule has 3 nitrogen and oxygen atoms in total. The minimum atomic E-state index is -0.560. The van der Waals surface area contributed by atoms with Crippen LogP contribution in [0.15, 0.2) is 16.5 Å². The molecule has 1 aromatic rings. The van der Waals surface area contributed by atoms with E-state index < -0.39 is 5.60 Å². The van der Waals surface area contributed by atoms with E-state index in [0.29, 0.717) is 12.3 Å². The van der Waals surface area contributed by atoms with E-state index >= 15 is 0 Å². The maximum Gasteiger partial charge on any atom is 0.107 e. The Hall–Kier alpha value is -0.800. The zero-order chi connectivity index (χ0) is 11.9. The summed E-state index contributed by atoms with van der Waals surface area (Å²) in [6, 6.07) is 4.13. The SMILES string of the molecule is CC1CC1c1ccc(CC2(O)CCNCC2)o1. The third-order valence-corrected chi connectivity index (χ3v) is 4.19. The molecule has 3 rings (SSSR count). The van der Waals surface area contributed by atoms with Crippen molar-refractivity contribution in [3.05, 3.63) is 23.7 Å². The average molecular weight is 235 g/mol. The fraction of sp³-hybridized carbons (Fsp3) is 0.714. The Labute approximate surface area is 102 Å². The van der Waals surface area contributed by atoms with Gasteiger partial charge in [-0.05, 0) is 50.4 Å². The molecule has 0 amide bonds. The van der Waals surface area contributed by atoms with Gasteiger partial charge in [-0.2, -0.15) is 0 Å². The highest BCUT2D eigenvalue weighted by atomic mass is 16.3. The molecule has 2 unspecified atom stereocenters. The van der Waals surface area contributed by atoms with Gasteiger partial charge >= 0.3 is 0 Å². The number of hydrogen-bond donors (Lipinski definition) is 2. The second-order valence-corrected chi connectivity index (χ2v) is 5.77. The van der Waals surface area contributed by atoms with Crippen molar-refractivity contribution in [2.45, 2.75) is 44.1 Å². The summed E-state index contributed by atoms with van der Waals surface area (Å²) in [6.45, 7) is 4.07. The molecule has 1 saturated heterocycles. The third-order valence-electron chi connectivity index (χ3n) is 4.19. The van der Waals surface area contributed by atoms with Crippen molar-refractivity contribution in [1.29, 1.82) is 0 Å². The zero-order valence-electron chi connectivity index (χ0n) is 10.4. The molecule has 2 fully saturated rings. The fourth-order valence-corrected chi connectivity index (χ4v) is 2.80. The van der Waals surface area contributed by atoms with E-state index in [9.17, 15) is 5.11 Å². The summed E-state index contributed by atoms with van der Waals surface area (Å²) in [5.41, 5.74) is -0.560. The van der Waals surface area contributed by atoms with Crippen molar-refractivity contribution in [3.8, 4) is 0 Å². The normalized spacial score (nSPS) is 31.4. The van der Waals surface area contributed by atoms with Crippen molar-refractivity contribution < 1.29 is 9.52 Å². The van der Waals surface area contributed by atoms with Crippen molar-refractivity contribution in [2.75, 3.05) is 13.1 Å². The van der Waals surface area contributed by atoms with Gasteiger partial charge in [0.15, 0.2) is 0 Å². The van der Waals surface area contributed by atoms with Crippen LogP contribution in [0, 0.1) is 5.92 Å². The zero-order valence-corrected chi connectivity index (χ0v) is 10.4. The highest BCUT2D eigenvalue weighted by Gasteiger charge is 2.37. The molecule has 0 aromatic carbocycles. The number of aliphatic hydroxyl groups is 1. The lowest BCUT2D eigenvalue weighted by Crippen LogP contribution is -2.43. The summed E-state index contributed by atoms with van der Waals surface area (Å²) in [4.78, 5) is 0. The van der Waals surface area contributed by atoms with Crippen LogP contribution in [0.2, 0.25) is 0 Å². The molecule has 94 valence electrons. The predicted molar refractivity (Wildman–Crippen MR) is 66.0 cm³/mol. The van der Waals surface area contributed by atoms with Crippen molar-refractivity contribution >= 4 is 0 Å². The highest BCUT2D eigenvalue weighted by Crippen LogP contribution is 2.47. The second-order valence-electron chi connectivity index (χ2n) is 5.77.